The maximum absolute atomic E-state index is 13.6. The molecule has 1 nitrogen and oxygen atoms in total. The summed E-state index contributed by atoms with van der Waals surface area (Å²) in [6.45, 7) is 1.70. The van der Waals surface area contributed by atoms with E-state index in [2.05, 4.69) is 0 Å². The van der Waals surface area contributed by atoms with Crippen LogP contribution >= 0.6 is 0 Å². The van der Waals surface area contributed by atoms with Crippen LogP contribution in [-0.2, 0) is 0 Å². The van der Waals surface area contributed by atoms with Crippen molar-refractivity contribution in [3.63, 3.8) is 0 Å². The Bertz CT molecular complexity index is 579. The lowest BCUT2D eigenvalue weighted by atomic mass is 10.0. The molecule has 0 heterocycles. The van der Waals surface area contributed by atoms with E-state index in [9.17, 15) is 13.2 Å². The van der Waals surface area contributed by atoms with Gasteiger partial charge in [-0.3, -0.25) is 0 Å². The number of halogens is 3. The molecule has 1 N–H and O–H groups in total. The van der Waals surface area contributed by atoms with Gasteiger partial charge in [-0.25, -0.2) is 8.78 Å². The Labute approximate surface area is 96.1 Å². The summed E-state index contributed by atoms with van der Waals surface area (Å²) < 4.78 is 40.3. The lowest BCUT2D eigenvalue weighted by Gasteiger charge is -2.07. The highest BCUT2D eigenvalue weighted by Gasteiger charge is 2.16. The number of phenolic OH excluding ortho intramolecular Hbond substituents is 1. The van der Waals surface area contributed by atoms with Crippen molar-refractivity contribution in [1.29, 1.82) is 0 Å². The Hall–Kier alpha value is -1.97. The van der Waals surface area contributed by atoms with Crippen LogP contribution in [0.2, 0.25) is 0 Å². The molecule has 0 unspecified atom stereocenters. The van der Waals surface area contributed by atoms with Crippen LogP contribution in [0.15, 0.2) is 30.3 Å². The third-order valence-corrected chi connectivity index (χ3v) is 2.48. The lowest BCUT2D eigenvalue weighted by molar-refractivity contribution is 0.408. The van der Waals surface area contributed by atoms with Crippen LogP contribution in [0.25, 0.3) is 11.1 Å². The molecule has 17 heavy (non-hydrogen) atoms. The van der Waals surface area contributed by atoms with E-state index in [0.717, 1.165) is 12.1 Å². The fourth-order valence-corrected chi connectivity index (χ4v) is 1.59. The average molecular weight is 238 g/mol. The predicted molar refractivity (Wildman–Crippen MR) is 58.2 cm³/mol. The number of hydrogen-bond acceptors (Lipinski definition) is 1. The monoisotopic (exact) mass is 238 g/mol. The summed E-state index contributed by atoms with van der Waals surface area (Å²) >= 11 is 0. The van der Waals surface area contributed by atoms with Crippen molar-refractivity contribution in [2.75, 3.05) is 0 Å². The minimum Gasteiger partial charge on any atom is -0.505 e. The quantitative estimate of drug-likeness (QED) is 0.801. The number of benzene rings is 2. The van der Waals surface area contributed by atoms with E-state index >= 15 is 0 Å². The van der Waals surface area contributed by atoms with Gasteiger partial charge in [-0.2, -0.15) is 4.39 Å². The van der Waals surface area contributed by atoms with E-state index in [4.69, 9.17) is 5.11 Å². The van der Waals surface area contributed by atoms with Crippen LogP contribution in [0.3, 0.4) is 0 Å². The predicted octanol–water partition coefficient (Wildman–Crippen LogP) is 3.78. The number of aryl methyl sites for hydroxylation is 1. The fourth-order valence-electron chi connectivity index (χ4n) is 1.59. The summed E-state index contributed by atoms with van der Waals surface area (Å²) in [5.41, 5.74) is 0.440. The summed E-state index contributed by atoms with van der Waals surface area (Å²) in [7, 11) is 0. The Kier molecular flexibility index (Phi) is 2.79. The van der Waals surface area contributed by atoms with Crippen molar-refractivity contribution >= 4 is 0 Å². The van der Waals surface area contributed by atoms with Crippen LogP contribution in [0.1, 0.15) is 5.56 Å². The Balaban J connectivity index is 2.65. The number of hydrogen-bond donors (Lipinski definition) is 1. The second-order valence-corrected chi connectivity index (χ2v) is 3.74. The molecule has 88 valence electrons. The second kappa shape index (κ2) is 4.13. The maximum Gasteiger partial charge on any atom is 0.200 e. The number of rotatable bonds is 1. The van der Waals surface area contributed by atoms with E-state index in [0.29, 0.717) is 5.56 Å². The van der Waals surface area contributed by atoms with Gasteiger partial charge >= 0.3 is 0 Å². The highest BCUT2D eigenvalue weighted by atomic mass is 19.2. The topological polar surface area (TPSA) is 20.2 Å². The molecule has 2 aromatic rings. The zero-order valence-corrected chi connectivity index (χ0v) is 8.97. The first-order valence-corrected chi connectivity index (χ1v) is 4.94. The molecular weight excluding hydrogens is 229 g/mol. The molecule has 0 radical (unpaired) electrons. The molecule has 0 aliphatic carbocycles. The molecule has 0 atom stereocenters. The molecule has 0 saturated heterocycles. The normalized spacial score (nSPS) is 10.6. The van der Waals surface area contributed by atoms with Gasteiger partial charge in [0.2, 0.25) is 5.82 Å². The van der Waals surface area contributed by atoms with Gasteiger partial charge in [0.1, 0.15) is 5.82 Å². The first-order valence-electron chi connectivity index (χ1n) is 4.94. The molecule has 4 heteroatoms. The maximum atomic E-state index is 13.6. The molecule has 0 aliphatic rings. The van der Waals surface area contributed by atoms with Crippen LogP contribution in [0, 0.1) is 24.4 Å². The third kappa shape index (κ3) is 1.98. The minimum absolute atomic E-state index is 0.0352. The molecule has 0 spiro atoms. The molecule has 0 bridgehead atoms. The third-order valence-electron chi connectivity index (χ3n) is 2.48. The summed E-state index contributed by atoms with van der Waals surface area (Å²) in [5.74, 6) is -4.05. The summed E-state index contributed by atoms with van der Waals surface area (Å²) in [6.07, 6.45) is 0. The lowest BCUT2D eigenvalue weighted by Crippen LogP contribution is -1.93. The molecule has 2 rings (SSSR count). The van der Waals surface area contributed by atoms with Gasteiger partial charge in [-0.05, 0) is 30.7 Å². The van der Waals surface area contributed by atoms with Crippen molar-refractivity contribution in [2.45, 2.75) is 6.92 Å². The molecule has 0 aliphatic heterocycles. The van der Waals surface area contributed by atoms with Crippen molar-refractivity contribution in [1.82, 2.24) is 0 Å². The molecule has 0 amide bonds. The van der Waals surface area contributed by atoms with E-state index in [1.54, 1.807) is 13.0 Å². The first-order chi connectivity index (χ1) is 8.00. The van der Waals surface area contributed by atoms with Crippen LogP contribution in [0.5, 0.6) is 5.75 Å². The van der Waals surface area contributed by atoms with Crippen LogP contribution < -0.4 is 0 Å². The van der Waals surface area contributed by atoms with Crippen molar-refractivity contribution in [3.05, 3.63) is 53.3 Å². The zero-order valence-electron chi connectivity index (χ0n) is 8.97. The molecule has 0 fully saturated rings. The van der Waals surface area contributed by atoms with Crippen molar-refractivity contribution in [3.8, 4) is 16.9 Å². The zero-order chi connectivity index (χ0) is 12.6. The fraction of sp³-hybridized carbons (Fsp3) is 0.0769. The van der Waals surface area contributed by atoms with E-state index in [1.807, 2.05) is 0 Å². The highest BCUT2D eigenvalue weighted by Crippen LogP contribution is 2.30. The Morgan fingerprint density at radius 3 is 2.18 bits per heavy atom. The van der Waals surface area contributed by atoms with Crippen LogP contribution in [-0.4, -0.2) is 5.11 Å². The van der Waals surface area contributed by atoms with Gasteiger partial charge in [-0.1, -0.05) is 12.1 Å². The second-order valence-electron chi connectivity index (χ2n) is 3.74. The smallest absolute Gasteiger partial charge is 0.200 e. The van der Waals surface area contributed by atoms with Crippen LogP contribution in [0.4, 0.5) is 13.2 Å². The minimum atomic E-state index is -1.37. The van der Waals surface area contributed by atoms with Crippen molar-refractivity contribution < 1.29 is 18.3 Å². The van der Waals surface area contributed by atoms with Crippen molar-refractivity contribution in [2.24, 2.45) is 0 Å². The molecular formula is C13H9F3O. The van der Waals surface area contributed by atoms with Gasteiger partial charge in [0.25, 0.3) is 0 Å². The molecule has 0 aromatic heterocycles. The summed E-state index contributed by atoms with van der Waals surface area (Å²) in [4.78, 5) is 0. The average Bonchev–Trinajstić information content (AvgIpc) is 2.28. The first kappa shape index (κ1) is 11.5. The Morgan fingerprint density at radius 1 is 0.882 bits per heavy atom. The standard InChI is InChI=1S/C13H9F3O/c1-7-2-3-8(10(14)6-7)9-4-5-11(17)13(16)12(9)15/h2-6,17H,1H3. The summed E-state index contributed by atoms with van der Waals surface area (Å²) in [6, 6.07) is 6.34. The number of phenols is 1. The van der Waals surface area contributed by atoms with Gasteiger partial charge in [0.15, 0.2) is 11.6 Å². The van der Waals surface area contributed by atoms with E-state index in [1.165, 1.54) is 12.1 Å². The number of aromatic hydroxyl groups is 1. The van der Waals surface area contributed by atoms with Gasteiger partial charge in [0.05, 0.1) is 0 Å². The van der Waals surface area contributed by atoms with E-state index < -0.39 is 23.2 Å². The van der Waals surface area contributed by atoms with Gasteiger partial charge in [0, 0.05) is 11.1 Å². The largest absolute Gasteiger partial charge is 0.505 e. The Morgan fingerprint density at radius 2 is 1.53 bits per heavy atom. The molecule has 2 aromatic carbocycles. The van der Waals surface area contributed by atoms with Gasteiger partial charge in [-0.15, -0.1) is 0 Å². The van der Waals surface area contributed by atoms with E-state index in [-0.39, 0.29) is 11.1 Å². The van der Waals surface area contributed by atoms with Gasteiger partial charge < -0.3 is 5.11 Å². The SMILES string of the molecule is Cc1ccc(-c2ccc(O)c(F)c2F)c(F)c1. The highest BCUT2D eigenvalue weighted by molar-refractivity contribution is 5.66. The molecule has 0 saturated carbocycles. The summed E-state index contributed by atoms with van der Waals surface area (Å²) in [5, 5.41) is 8.98.